The number of aliphatic carboxylic acids is 1. The predicted molar refractivity (Wildman–Crippen MR) is 109 cm³/mol. The van der Waals surface area contributed by atoms with Crippen LogP contribution >= 0.6 is 0 Å². The van der Waals surface area contributed by atoms with Crippen LogP contribution in [0.1, 0.15) is 38.5 Å². The minimum atomic E-state index is -1.10. The molecule has 3 amide bonds. The molecule has 2 atom stereocenters. The molecule has 0 rings (SSSR count). The topological polar surface area (TPSA) is 159 Å². The molecular weight excluding hydrogens is 378 g/mol. The van der Waals surface area contributed by atoms with Crippen LogP contribution < -0.4 is 16.4 Å². The van der Waals surface area contributed by atoms with Crippen LogP contribution in [0.3, 0.4) is 0 Å². The van der Waals surface area contributed by atoms with Gasteiger partial charge in [0.15, 0.2) is 0 Å². The molecule has 9 heteroatoms. The molecular formula is C20H31N3O6. The first kappa shape index (κ1) is 26.1. The lowest BCUT2D eigenvalue weighted by atomic mass is 9.97. The summed E-state index contributed by atoms with van der Waals surface area (Å²) >= 11 is 0. The van der Waals surface area contributed by atoms with Gasteiger partial charge in [0.25, 0.3) is 0 Å². The van der Waals surface area contributed by atoms with Crippen molar-refractivity contribution in [3.63, 3.8) is 0 Å². The number of nitrogens with one attached hydrogen (secondary N) is 2. The Labute approximate surface area is 170 Å². The van der Waals surface area contributed by atoms with Crippen LogP contribution in [0.2, 0.25) is 0 Å². The summed E-state index contributed by atoms with van der Waals surface area (Å²) < 4.78 is 0. The number of aliphatic hydroxyl groups excluding tert-OH is 1. The lowest BCUT2D eigenvalue weighted by Crippen LogP contribution is -2.48. The number of nitrogens with two attached hydrogens (primary N) is 1. The van der Waals surface area contributed by atoms with Gasteiger partial charge in [-0.25, -0.2) is 0 Å². The maximum absolute atomic E-state index is 12.3. The highest BCUT2D eigenvalue weighted by molar-refractivity contribution is 5.90. The third kappa shape index (κ3) is 14.7. The molecule has 2 unspecified atom stereocenters. The van der Waals surface area contributed by atoms with E-state index in [0.717, 1.165) is 6.42 Å². The zero-order chi connectivity index (χ0) is 22.1. The summed E-state index contributed by atoms with van der Waals surface area (Å²) in [4.78, 5) is 45.9. The van der Waals surface area contributed by atoms with Crippen molar-refractivity contribution in [2.75, 3.05) is 13.2 Å². The SMILES string of the molecule is C=CC/C=C/CC(/C=C\CO)CCC(=O)NC(CCC(=O)O)C(=O)NCC(N)=O. The van der Waals surface area contributed by atoms with Crippen LogP contribution in [0.5, 0.6) is 0 Å². The highest BCUT2D eigenvalue weighted by Crippen LogP contribution is 2.14. The Balaban J connectivity index is 4.78. The van der Waals surface area contributed by atoms with Gasteiger partial charge < -0.3 is 26.6 Å². The van der Waals surface area contributed by atoms with Crippen molar-refractivity contribution in [3.05, 3.63) is 37.0 Å². The van der Waals surface area contributed by atoms with Crippen molar-refractivity contribution in [2.24, 2.45) is 11.7 Å². The number of aliphatic hydroxyl groups is 1. The second kappa shape index (κ2) is 16.1. The summed E-state index contributed by atoms with van der Waals surface area (Å²) in [5.74, 6) is -2.90. The largest absolute Gasteiger partial charge is 0.481 e. The number of hydrogen-bond donors (Lipinski definition) is 5. The van der Waals surface area contributed by atoms with E-state index in [4.69, 9.17) is 15.9 Å². The van der Waals surface area contributed by atoms with Gasteiger partial charge >= 0.3 is 5.97 Å². The van der Waals surface area contributed by atoms with E-state index in [-0.39, 0.29) is 31.8 Å². The minimum Gasteiger partial charge on any atom is -0.481 e. The van der Waals surface area contributed by atoms with Crippen molar-refractivity contribution in [1.29, 1.82) is 0 Å². The van der Waals surface area contributed by atoms with Crippen LogP contribution in [0.4, 0.5) is 0 Å². The highest BCUT2D eigenvalue weighted by Gasteiger charge is 2.22. The van der Waals surface area contributed by atoms with Gasteiger partial charge in [0.05, 0.1) is 13.2 Å². The molecule has 0 aliphatic heterocycles. The number of carboxylic acids is 1. The Morgan fingerprint density at radius 1 is 1.07 bits per heavy atom. The maximum atomic E-state index is 12.3. The molecule has 0 heterocycles. The summed E-state index contributed by atoms with van der Waals surface area (Å²) in [5, 5.41) is 22.5. The summed E-state index contributed by atoms with van der Waals surface area (Å²) in [6.45, 7) is 3.13. The zero-order valence-corrected chi connectivity index (χ0v) is 16.5. The molecule has 0 aliphatic rings. The van der Waals surface area contributed by atoms with E-state index < -0.39 is 36.3 Å². The van der Waals surface area contributed by atoms with E-state index in [0.29, 0.717) is 12.8 Å². The first-order chi connectivity index (χ1) is 13.8. The average molecular weight is 409 g/mol. The Morgan fingerprint density at radius 3 is 2.38 bits per heavy atom. The molecule has 0 aliphatic carbocycles. The molecule has 0 aromatic heterocycles. The van der Waals surface area contributed by atoms with Crippen molar-refractivity contribution < 1.29 is 29.4 Å². The summed E-state index contributed by atoms with van der Waals surface area (Å²) in [5.41, 5.74) is 4.97. The van der Waals surface area contributed by atoms with Crippen LogP contribution in [-0.2, 0) is 19.2 Å². The number of rotatable bonds is 16. The molecule has 162 valence electrons. The van der Waals surface area contributed by atoms with E-state index >= 15 is 0 Å². The Bertz CT molecular complexity index is 615. The van der Waals surface area contributed by atoms with Crippen molar-refractivity contribution in [3.8, 4) is 0 Å². The lowest BCUT2D eigenvalue weighted by molar-refractivity contribution is -0.138. The number of primary amides is 1. The number of hydrogen-bond acceptors (Lipinski definition) is 5. The van der Waals surface area contributed by atoms with E-state index in [1.54, 1.807) is 12.2 Å². The smallest absolute Gasteiger partial charge is 0.303 e. The number of carbonyl (C=O) groups excluding carboxylic acids is 3. The van der Waals surface area contributed by atoms with Gasteiger partial charge in [-0.15, -0.1) is 6.58 Å². The molecule has 29 heavy (non-hydrogen) atoms. The summed E-state index contributed by atoms with van der Waals surface area (Å²) in [7, 11) is 0. The molecule has 0 spiro atoms. The molecule has 0 fully saturated rings. The fraction of sp³-hybridized carbons (Fsp3) is 0.500. The van der Waals surface area contributed by atoms with Crippen molar-refractivity contribution in [2.45, 2.75) is 44.6 Å². The first-order valence-corrected chi connectivity index (χ1v) is 9.40. The van der Waals surface area contributed by atoms with Gasteiger partial charge in [-0.2, -0.15) is 0 Å². The third-order valence-corrected chi connectivity index (χ3v) is 3.90. The fourth-order valence-electron chi connectivity index (χ4n) is 2.43. The third-order valence-electron chi connectivity index (χ3n) is 3.90. The fourth-order valence-corrected chi connectivity index (χ4v) is 2.43. The Kier molecular flexibility index (Phi) is 14.4. The van der Waals surface area contributed by atoms with Gasteiger partial charge in [-0.1, -0.05) is 30.4 Å². The van der Waals surface area contributed by atoms with Gasteiger partial charge in [-0.3, -0.25) is 19.2 Å². The second-order valence-corrected chi connectivity index (χ2v) is 6.38. The van der Waals surface area contributed by atoms with Gasteiger partial charge in [0.2, 0.25) is 17.7 Å². The van der Waals surface area contributed by atoms with E-state index in [1.807, 2.05) is 18.2 Å². The number of allylic oxidation sites excluding steroid dienone is 4. The van der Waals surface area contributed by atoms with Crippen molar-refractivity contribution >= 4 is 23.7 Å². The average Bonchev–Trinajstić information content (AvgIpc) is 2.67. The second-order valence-electron chi connectivity index (χ2n) is 6.38. The molecule has 0 bridgehead atoms. The summed E-state index contributed by atoms with van der Waals surface area (Å²) in [6, 6.07) is -1.07. The standard InChI is InChI=1S/C20H31N3O6/c1-2-3-4-5-7-15(8-6-13-24)9-11-18(26)23-16(10-12-19(27)28)20(29)22-14-17(21)25/h2,4-6,8,15-16,24H,1,3,7,9-14H2,(H2,21,25)(H,22,29)(H,23,26)(H,27,28)/b5-4+,8-6-. The van der Waals surface area contributed by atoms with Gasteiger partial charge in [0.1, 0.15) is 6.04 Å². The van der Waals surface area contributed by atoms with Crippen LogP contribution in [-0.4, -0.2) is 53.1 Å². The number of carbonyl (C=O) groups is 4. The summed E-state index contributed by atoms with van der Waals surface area (Å²) in [6.07, 6.45) is 10.7. The van der Waals surface area contributed by atoms with E-state index in [9.17, 15) is 19.2 Å². The number of amides is 3. The quantitative estimate of drug-likeness (QED) is 0.232. The normalized spacial score (nSPS) is 13.1. The van der Waals surface area contributed by atoms with Gasteiger partial charge in [-0.05, 0) is 31.6 Å². The first-order valence-electron chi connectivity index (χ1n) is 9.40. The molecule has 6 N–H and O–H groups in total. The molecule has 0 aromatic carbocycles. The molecule has 9 nitrogen and oxygen atoms in total. The zero-order valence-electron chi connectivity index (χ0n) is 16.5. The lowest BCUT2D eigenvalue weighted by Gasteiger charge is -2.18. The Hall–Kier alpha value is -2.94. The Morgan fingerprint density at radius 2 is 1.79 bits per heavy atom. The van der Waals surface area contributed by atoms with Crippen LogP contribution in [0.15, 0.2) is 37.0 Å². The maximum Gasteiger partial charge on any atom is 0.303 e. The van der Waals surface area contributed by atoms with Crippen LogP contribution in [0, 0.1) is 5.92 Å². The van der Waals surface area contributed by atoms with E-state index in [1.165, 1.54) is 0 Å². The molecule has 0 saturated heterocycles. The molecule has 0 aromatic rings. The predicted octanol–water partition coefficient (Wildman–Crippen LogP) is 0.405. The van der Waals surface area contributed by atoms with E-state index in [2.05, 4.69) is 17.2 Å². The molecule has 0 radical (unpaired) electrons. The van der Waals surface area contributed by atoms with Crippen LogP contribution in [0.25, 0.3) is 0 Å². The van der Waals surface area contributed by atoms with Crippen molar-refractivity contribution in [1.82, 2.24) is 10.6 Å². The highest BCUT2D eigenvalue weighted by atomic mass is 16.4. The molecule has 0 saturated carbocycles. The monoisotopic (exact) mass is 409 g/mol. The minimum absolute atomic E-state index is 0.0233. The number of carboxylic acid groups (broad SMARTS) is 1. The van der Waals surface area contributed by atoms with Gasteiger partial charge in [0, 0.05) is 12.8 Å².